The molecule has 0 aliphatic rings. The van der Waals surface area contributed by atoms with Gasteiger partial charge in [-0.25, -0.2) is 0 Å². The molecule has 0 radical (unpaired) electrons. The molecular formula is C17H11N3O2. The molecule has 0 fully saturated rings. The molecule has 0 aliphatic carbocycles. The Morgan fingerprint density at radius 1 is 1.00 bits per heavy atom. The van der Waals surface area contributed by atoms with Crippen LogP contribution in [-0.2, 0) is 0 Å². The van der Waals surface area contributed by atoms with E-state index >= 15 is 0 Å². The van der Waals surface area contributed by atoms with Crippen molar-refractivity contribution >= 4 is 27.6 Å². The van der Waals surface area contributed by atoms with Crippen LogP contribution in [0.5, 0.6) is 0 Å². The number of pyridine rings is 1. The number of aromatic nitrogens is 2. The minimum absolute atomic E-state index is 0.0831. The molecule has 1 N–H and O–H groups in total. The Bertz CT molecular complexity index is 1020. The van der Waals surface area contributed by atoms with Gasteiger partial charge in [-0.15, -0.1) is 0 Å². The van der Waals surface area contributed by atoms with Gasteiger partial charge in [0.25, 0.3) is 5.69 Å². The van der Waals surface area contributed by atoms with E-state index in [1.54, 1.807) is 24.4 Å². The molecule has 5 heteroatoms. The summed E-state index contributed by atoms with van der Waals surface area (Å²) in [5, 5.41) is 12.2. The number of aromatic amines is 1. The van der Waals surface area contributed by atoms with Gasteiger partial charge in [-0.1, -0.05) is 30.3 Å². The molecule has 0 spiro atoms. The summed E-state index contributed by atoms with van der Waals surface area (Å²) in [7, 11) is 0. The number of nitrogens with one attached hydrogen (secondary N) is 1. The first-order valence-corrected chi connectivity index (χ1v) is 6.84. The van der Waals surface area contributed by atoms with Gasteiger partial charge in [-0.05, 0) is 18.2 Å². The highest BCUT2D eigenvalue weighted by molar-refractivity contribution is 6.05. The Morgan fingerprint density at radius 3 is 2.64 bits per heavy atom. The van der Waals surface area contributed by atoms with Gasteiger partial charge in [0.2, 0.25) is 0 Å². The number of nitrogens with zero attached hydrogens (tertiary/aromatic N) is 2. The van der Waals surface area contributed by atoms with Crippen molar-refractivity contribution in [3.63, 3.8) is 0 Å². The maximum absolute atomic E-state index is 11.2. The highest BCUT2D eigenvalue weighted by Gasteiger charge is 2.15. The predicted molar refractivity (Wildman–Crippen MR) is 85.7 cm³/mol. The van der Waals surface area contributed by atoms with Crippen LogP contribution in [0.3, 0.4) is 0 Å². The van der Waals surface area contributed by atoms with Crippen molar-refractivity contribution in [3.8, 4) is 11.1 Å². The third kappa shape index (κ3) is 1.83. The standard InChI is InChI=1S/C17H11N3O2/c21-20(22)16-8-4-2-5-12(16)11-9-15-17(18-10-11)13-6-1-3-7-14(13)19-15/h1-10,19H. The van der Waals surface area contributed by atoms with Crippen LogP contribution in [-0.4, -0.2) is 14.9 Å². The number of hydrogen-bond donors (Lipinski definition) is 1. The van der Waals surface area contributed by atoms with Crippen molar-refractivity contribution in [3.05, 3.63) is 70.9 Å². The van der Waals surface area contributed by atoms with E-state index in [1.807, 2.05) is 30.3 Å². The Labute approximate surface area is 125 Å². The number of H-pyrrole nitrogens is 1. The summed E-state index contributed by atoms with van der Waals surface area (Å²) in [6, 6.07) is 16.5. The quantitative estimate of drug-likeness (QED) is 0.442. The van der Waals surface area contributed by atoms with Crippen molar-refractivity contribution in [2.75, 3.05) is 0 Å². The van der Waals surface area contributed by atoms with Gasteiger partial charge in [-0.3, -0.25) is 15.1 Å². The number of nitro benzene ring substituents is 1. The first kappa shape index (κ1) is 12.5. The number of para-hydroxylation sites is 2. The van der Waals surface area contributed by atoms with Gasteiger partial charge in [0.1, 0.15) is 0 Å². The minimum Gasteiger partial charge on any atom is -0.353 e. The van der Waals surface area contributed by atoms with Crippen molar-refractivity contribution in [2.45, 2.75) is 0 Å². The van der Waals surface area contributed by atoms with Crippen LogP contribution in [0.4, 0.5) is 5.69 Å². The van der Waals surface area contributed by atoms with E-state index in [0.29, 0.717) is 5.56 Å². The smallest absolute Gasteiger partial charge is 0.277 e. The normalized spacial score (nSPS) is 11.1. The molecule has 2 aromatic heterocycles. The number of nitro groups is 1. The van der Waals surface area contributed by atoms with E-state index in [4.69, 9.17) is 0 Å². The Kier molecular flexibility index (Phi) is 2.66. The predicted octanol–water partition coefficient (Wildman–Crippen LogP) is 4.29. The molecular weight excluding hydrogens is 278 g/mol. The highest BCUT2D eigenvalue weighted by atomic mass is 16.6. The Morgan fingerprint density at radius 2 is 1.77 bits per heavy atom. The molecule has 2 aromatic carbocycles. The van der Waals surface area contributed by atoms with E-state index in [9.17, 15) is 10.1 Å². The molecule has 0 atom stereocenters. The molecule has 4 rings (SSSR count). The van der Waals surface area contributed by atoms with Crippen LogP contribution in [0.15, 0.2) is 60.8 Å². The highest BCUT2D eigenvalue weighted by Crippen LogP contribution is 2.32. The molecule has 106 valence electrons. The molecule has 2 heterocycles. The van der Waals surface area contributed by atoms with Gasteiger partial charge in [0.15, 0.2) is 0 Å². The van der Waals surface area contributed by atoms with E-state index < -0.39 is 0 Å². The van der Waals surface area contributed by atoms with E-state index in [-0.39, 0.29) is 10.6 Å². The van der Waals surface area contributed by atoms with E-state index in [1.165, 1.54) is 6.07 Å². The summed E-state index contributed by atoms with van der Waals surface area (Å²) in [6.45, 7) is 0. The molecule has 0 bridgehead atoms. The second-order valence-corrected chi connectivity index (χ2v) is 5.07. The second kappa shape index (κ2) is 4.66. The summed E-state index contributed by atoms with van der Waals surface area (Å²) in [6.07, 6.45) is 1.69. The van der Waals surface area contributed by atoms with Crippen molar-refractivity contribution < 1.29 is 4.92 Å². The first-order chi connectivity index (χ1) is 10.7. The summed E-state index contributed by atoms with van der Waals surface area (Å²) in [5.41, 5.74) is 4.13. The molecule has 0 saturated heterocycles. The fraction of sp³-hybridized carbons (Fsp3) is 0. The molecule has 0 unspecified atom stereocenters. The van der Waals surface area contributed by atoms with Gasteiger partial charge in [0, 0.05) is 28.7 Å². The lowest BCUT2D eigenvalue weighted by atomic mass is 10.1. The summed E-state index contributed by atoms with van der Waals surface area (Å²) < 4.78 is 0. The van der Waals surface area contributed by atoms with Gasteiger partial charge in [-0.2, -0.15) is 0 Å². The maximum Gasteiger partial charge on any atom is 0.277 e. The minimum atomic E-state index is -0.370. The fourth-order valence-electron chi connectivity index (χ4n) is 2.74. The van der Waals surface area contributed by atoms with Crippen molar-refractivity contribution in [2.24, 2.45) is 0 Å². The van der Waals surface area contributed by atoms with Gasteiger partial charge < -0.3 is 4.98 Å². The third-order valence-corrected chi connectivity index (χ3v) is 3.75. The largest absolute Gasteiger partial charge is 0.353 e. The topological polar surface area (TPSA) is 71.8 Å². The average molecular weight is 289 g/mol. The lowest BCUT2D eigenvalue weighted by Gasteiger charge is -2.02. The lowest BCUT2D eigenvalue weighted by Crippen LogP contribution is -1.92. The second-order valence-electron chi connectivity index (χ2n) is 5.07. The van der Waals surface area contributed by atoms with Gasteiger partial charge in [0.05, 0.1) is 21.5 Å². The Hall–Kier alpha value is -3.21. The molecule has 5 nitrogen and oxygen atoms in total. The molecule has 0 amide bonds. The van der Waals surface area contributed by atoms with E-state index in [2.05, 4.69) is 9.97 Å². The van der Waals surface area contributed by atoms with E-state index in [0.717, 1.165) is 27.5 Å². The summed E-state index contributed by atoms with van der Waals surface area (Å²) in [4.78, 5) is 18.6. The first-order valence-electron chi connectivity index (χ1n) is 6.84. The van der Waals surface area contributed by atoms with Crippen LogP contribution >= 0.6 is 0 Å². The van der Waals surface area contributed by atoms with Crippen LogP contribution in [0, 0.1) is 10.1 Å². The van der Waals surface area contributed by atoms with Crippen molar-refractivity contribution in [1.82, 2.24) is 9.97 Å². The van der Waals surface area contributed by atoms with Crippen LogP contribution in [0.25, 0.3) is 33.1 Å². The molecule has 22 heavy (non-hydrogen) atoms. The lowest BCUT2D eigenvalue weighted by molar-refractivity contribution is -0.384. The zero-order valence-corrected chi connectivity index (χ0v) is 11.5. The average Bonchev–Trinajstić information content (AvgIpc) is 2.92. The molecule has 0 saturated carbocycles. The number of fused-ring (bicyclic) bond motifs is 3. The SMILES string of the molecule is O=[N+]([O-])c1ccccc1-c1cnc2c(c1)[nH]c1ccccc12. The zero-order chi connectivity index (χ0) is 15.1. The monoisotopic (exact) mass is 289 g/mol. The molecule has 4 aromatic rings. The maximum atomic E-state index is 11.2. The van der Waals surface area contributed by atoms with Gasteiger partial charge >= 0.3 is 0 Å². The number of benzene rings is 2. The summed E-state index contributed by atoms with van der Waals surface area (Å²) >= 11 is 0. The molecule has 0 aliphatic heterocycles. The fourth-order valence-corrected chi connectivity index (χ4v) is 2.74. The van der Waals surface area contributed by atoms with Crippen molar-refractivity contribution in [1.29, 1.82) is 0 Å². The summed E-state index contributed by atoms with van der Waals surface area (Å²) in [5.74, 6) is 0. The number of hydrogen-bond acceptors (Lipinski definition) is 3. The Balaban J connectivity index is 1.97. The van der Waals surface area contributed by atoms with Crippen LogP contribution in [0.2, 0.25) is 0 Å². The zero-order valence-electron chi connectivity index (χ0n) is 11.5. The number of rotatable bonds is 2. The third-order valence-electron chi connectivity index (χ3n) is 3.75. The van der Waals surface area contributed by atoms with Crippen LogP contribution in [0.1, 0.15) is 0 Å². The van der Waals surface area contributed by atoms with Crippen LogP contribution < -0.4 is 0 Å².